The highest BCUT2D eigenvalue weighted by Crippen LogP contribution is 2.35. The summed E-state index contributed by atoms with van der Waals surface area (Å²) in [6, 6.07) is 9.46. The molecule has 4 rings (SSSR count). The van der Waals surface area contributed by atoms with Crippen molar-refractivity contribution < 1.29 is 18.3 Å². The molecule has 1 amide bonds. The van der Waals surface area contributed by atoms with Crippen LogP contribution in [0, 0.1) is 0 Å². The molecule has 6 nitrogen and oxygen atoms in total. The van der Waals surface area contributed by atoms with Crippen molar-refractivity contribution >= 4 is 16.8 Å². The fourth-order valence-electron chi connectivity index (χ4n) is 2.56. The number of nitrogens with zero attached hydrogens (tertiary/aromatic N) is 2. The van der Waals surface area contributed by atoms with Crippen molar-refractivity contribution in [3.8, 4) is 5.75 Å². The van der Waals surface area contributed by atoms with Gasteiger partial charge in [-0.25, -0.2) is 9.37 Å². The molecule has 0 saturated heterocycles. The first-order chi connectivity index (χ1) is 12.2. The monoisotopic (exact) mass is 341 g/mol. The van der Waals surface area contributed by atoms with Gasteiger partial charge in [-0.1, -0.05) is 18.2 Å². The van der Waals surface area contributed by atoms with E-state index in [9.17, 15) is 9.18 Å². The summed E-state index contributed by atoms with van der Waals surface area (Å²) in [6.45, 7) is -0.440. The Kier molecular flexibility index (Phi) is 3.83. The van der Waals surface area contributed by atoms with Gasteiger partial charge in [-0.05, 0) is 25.0 Å². The molecule has 128 valence electrons. The number of alkyl halides is 1. The van der Waals surface area contributed by atoms with Crippen molar-refractivity contribution in [2.24, 2.45) is 0 Å². The van der Waals surface area contributed by atoms with E-state index in [1.54, 1.807) is 6.20 Å². The van der Waals surface area contributed by atoms with Gasteiger partial charge in [0, 0.05) is 11.6 Å². The van der Waals surface area contributed by atoms with Gasteiger partial charge in [-0.2, -0.15) is 0 Å². The molecule has 3 aromatic rings. The fraction of sp³-hybridized carbons (Fsp3) is 0.278. The summed E-state index contributed by atoms with van der Waals surface area (Å²) >= 11 is 0. The average Bonchev–Trinajstić information content (AvgIpc) is 3.25. The molecule has 2 aromatic heterocycles. The summed E-state index contributed by atoms with van der Waals surface area (Å²) in [5.74, 6) is 0.0315. The van der Waals surface area contributed by atoms with Gasteiger partial charge in [-0.15, -0.1) is 0 Å². The Morgan fingerprint density at radius 1 is 1.32 bits per heavy atom. The number of para-hydroxylation sites is 1. The van der Waals surface area contributed by atoms with E-state index >= 15 is 0 Å². The van der Waals surface area contributed by atoms with Gasteiger partial charge >= 0.3 is 5.91 Å². The van der Waals surface area contributed by atoms with E-state index in [-0.39, 0.29) is 12.5 Å². The molecule has 7 heteroatoms. The largest absolute Gasteiger partial charge is 0.485 e. The third-order valence-electron chi connectivity index (χ3n) is 4.21. The summed E-state index contributed by atoms with van der Waals surface area (Å²) in [5, 5.41) is 3.60. The molecule has 0 radical (unpaired) electrons. The van der Waals surface area contributed by atoms with Gasteiger partial charge < -0.3 is 14.5 Å². The van der Waals surface area contributed by atoms with Crippen LogP contribution in [0.1, 0.15) is 29.2 Å². The lowest BCUT2D eigenvalue weighted by molar-refractivity contribution is 0.0888. The minimum Gasteiger partial charge on any atom is -0.485 e. The van der Waals surface area contributed by atoms with Crippen LogP contribution in [0.25, 0.3) is 10.9 Å². The first kappa shape index (κ1) is 15.6. The number of hydrogen-bond acceptors (Lipinski definition) is 5. The van der Waals surface area contributed by atoms with Crippen LogP contribution in [0.15, 0.2) is 47.2 Å². The molecule has 25 heavy (non-hydrogen) atoms. The van der Waals surface area contributed by atoms with Crippen molar-refractivity contribution in [1.82, 2.24) is 15.3 Å². The number of benzene rings is 1. The fourth-order valence-corrected chi connectivity index (χ4v) is 2.56. The van der Waals surface area contributed by atoms with E-state index in [0.29, 0.717) is 24.3 Å². The van der Waals surface area contributed by atoms with Crippen LogP contribution in [0.4, 0.5) is 4.39 Å². The van der Waals surface area contributed by atoms with Crippen molar-refractivity contribution in [3.05, 3.63) is 54.4 Å². The summed E-state index contributed by atoms with van der Waals surface area (Å²) in [5.41, 5.74) is 0.505. The first-order valence-electron chi connectivity index (χ1n) is 7.99. The van der Waals surface area contributed by atoms with Crippen LogP contribution in [0.2, 0.25) is 0 Å². The summed E-state index contributed by atoms with van der Waals surface area (Å²) in [6.07, 6.45) is 4.34. The summed E-state index contributed by atoms with van der Waals surface area (Å²) < 4.78 is 23.8. The van der Waals surface area contributed by atoms with Crippen molar-refractivity contribution in [2.75, 3.05) is 6.67 Å². The van der Waals surface area contributed by atoms with E-state index in [1.807, 2.05) is 30.3 Å². The Morgan fingerprint density at radius 3 is 2.96 bits per heavy atom. The number of carbonyl (C=O) groups excluding carboxylic acids is 1. The molecule has 1 aromatic carbocycles. The number of carbonyl (C=O) groups is 1. The molecular weight excluding hydrogens is 325 g/mol. The Balaban J connectivity index is 1.43. The molecule has 0 aliphatic heterocycles. The maximum absolute atomic E-state index is 12.9. The lowest BCUT2D eigenvalue weighted by atomic mass is 10.2. The Bertz CT molecular complexity index is 915. The molecule has 1 aliphatic carbocycles. The van der Waals surface area contributed by atoms with Gasteiger partial charge in [0.05, 0.1) is 5.54 Å². The molecule has 0 unspecified atom stereocenters. The maximum Gasteiger partial charge on any atom is 0.307 e. The van der Waals surface area contributed by atoms with Crippen molar-refractivity contribution in [1.29, 1.82) is 0 Å². The zero-order valence-electron chi connectivity index (χ0n) is 13.4. The number of nitrogens with one attached hydrogen (secondary N) is 1. The number of rotatable bonds is 6. The Labute approximate surface area is 143 Å². The second-order valence-corrected chi connectivity index (χ2v) is 6.13. The normalized spacial score (nSPS) is 15.1. The van der Waals surface area contributed by atoms with E-state index < -0.39 is 18.1 Å². The quantitative estimate of drug-likeness (QED) is 0.746. The van der Waals surface area contributed by atoms with Crippen LogP contribution in [0.3, 0.4) is 0 Å². The number of hydrogen-bond donors (Lipinski definition) is 1. The van der Waals surface area contributed by atoms with Gasteiger partial charge in [0.15, 0.2) is 0 Å². The smallest absolute Gasteiger partial charge is 0.307 e. The first-order valence-corrected chi connectivity index (χ1v) is 7.99. The minimum absolute atomic E-state index is 0.0885. The van der Waals surface area contributed by atoms with E-state index in [0.717, 1.165) is 10.9 Å². The zero-order valence-corrected chi connectivity index (χ0v) is 13.4. The second-order valence-electron chi connectivity index (χ2n) is 6.13. The van der Waals surface area contributed by atoms with Gasteiger partial charge in [-0.3, -0.25) is 9.78 Å². The molecule has 0 atom stereocenters. The molecule has 1 saturated carbocycles. The number of oxazole rings is 1. The summed E-state index contributed by atoms with van der Waals surface area (Å²) in [4.78, 5) is 20.5. The molecule has 0 bridgehead atoms. The average molecular weight is 341 g/mol. The highest BCUT2D eigenvalue weighted by molar-refractivity contribution is 5.90. The van der Waals surface area contributed by atoms with Crippen LogP contribution < -0.4 is 10.1 Å². The molecule has 1 N–H and O–H groups in total. The number of ether oxygens (including phenoxy) is 1. The van der Waals surface area contributed by atoms with Crippen LogP contribution in [-0.2, 0) is 6.61 Å². The van der Waals surface area contributed by atoms with E-state index in [2.05, 4.69) is 15.3 Å². The lowest BCUT2D eigenvalue weighted by Gasteiger charge is -2.10. The van der Waals surface area contributed by atoms with Crippen molar-refractivity contribution in [2.45, 2.75) is 25.0 Å². The molecular formula is C18H16FN3O3. The summed E-state index contributed by atoms with van der Waals surface area (Å²) in [7, 11) is 0. The highest BCUT2D eigenvalue weighted by atomic mass is 19.1. The number of aromatic nitrogens is 2. The van der Waals surface area contributed by atoms with Gasteiger partial charge in [0.1, 0.15) is 36.5 Å². The molecule has 2 heterocycles. The van der Waals surface area contributed by atoms with Crippen LogP contribution >= 0.6 is 0 Å². The van der Waals surface area contributed by atoms with Crippen LogP contribution in [0.5, 0.6) is 5.75 Å². The third kappa shape index (κ3) is 3.17. The van der Waals surface area contributed by atoms with E-state index in [1.165, 1.54) is 6.26 Å². The SMILES string of the molecule is O=C(NC1(CF)CC1)c1nc(COc2cccc3cccnc23)co1. The standard InChI is InChI=1S/C18H16FN3O3/c19-11-18(6-7-18)22-16(23)17-21-13(10-25-17)9-24-14-5-1-3-12-4-2-8-20-15(12)14/h1-5,8,10H,6-7,9,11H2,(H,22,23). The number of amides is 1. The number of fused-ring (bicyclic) bond motifs is 1. The van der Waals surface area contributed by atoms with Crippen molar-refractivity contribution in [3.63, 3.8) is 0 Å². The van der Waals surface area contributed by atoms with Crippen LogP contribution in [-0.4, -0.2) is 28.1 Å². The third-order valence-corrected chi connectivity index (χ3v) is 4.21. The van der Waals surface area contributed by atoms with Gasteiger partial charge in [0.25, 0.3) is 5.89 Å². The number of pyridine rings is 1. The lowest BCUT2D eigenvalue weighted by Crippen LogP contribution is -2.38. The number of halogens is 1. The second kappa shape index (κ2) is 6.16. The molecule has 1 fully saturated rings. The highest BCUT2D eigenvalue weighted by Gasteiger charge is 2.45. The Hall–Kier alpha value is -2.96. The maximum atomic E-state index is 12.9. The van der Waals surface area contributed by atoms with Gasteiger partial charge in [0.2, 0.25) is 0 Å². The zero-order chi connectivity index (χ0) is 17.3. The topological polar surface area (TPSA) is 77.2 Å². The predicted molar refractivity (Wildman–Crippen MR) is 88.0 cm³/mol. The molecule has 0 spiro atoms. The van der Waals surface area contributed by atoms with E-state index in [4.69, 9.17) is 9.15 Å². The minimum atomic E-state index is -0.725. The predicted octanol–water partition coefficient (Wildman–Crippen LogP) is 3.03. The molecule has 1 aliphatic rings. The Morgan fingerprint density at radius 2 is 2.16 bits per heavy atom.